The van der Waals surface area contributed by atoms with Crippen molar-refractivity contribution in [3.63, 3.8) is 0 Å². The number of nitrogens with two attached hydrogens (primary N) is 1. The van der Waals surface area contributed by atoms with Gasteiger partial charge in [0.05, 0.1) is 6.04 Å². The molecule has 0 amide bonds. The maximum absolute atomic E-state index is 11.2. The number of hydrogen-bond donors (Lipinski definition) is 1. The van der Waals surface area contributed by atoms with Crippen molar-refractivity contribution < 1.29 is 9.84 Å². The molecule has 0 aliphatic carbocycles. The molecule has 0 saturated heterocycles. The largest absolute Gasteiger partial charge is 0.457 e. The Morgan fingerprint density at radius 1 is 1.00 bits per heavy atom. The first-order chi connectivity index (χ1) is 7.75. The zero-order chi connectivity index (χ0) is 11.1. The van der Waals surface area contributed by atoms with Gasteiger partial charge in [-0.2, -0.15) is 0 Å². The van der Waals surface area contributed by atoms with Gasteiger partial charge in [0.1, 0.15) is 11.5 Å². The molecule has 1 aliphatic rings. The summed E-state index contributed by atoms with van der Waals surface area (Å²) in [5.74, 6) is 1.23. The van der Waals surface area contributed by atoms with Crippen LogP contribution in [0.2, 0.25) is 0 Å². The molecule has 1 heterocycles. The Labute approximate surface area is 93.1 Å². The van der Waals surface area contributed by atoms with E-state index in [-0.39, 0.29) is 11.8 Å². The van der Waals surface area contributed by atoms with Crippen LogP contribution in [0.25, 0.3) is 0 Å². The average molecular weight is 212 g/mol. The van der Waals surface area contributed by atoms with Gasteiger partial charge in [-0.3, -0.25) is 5.11 Å². The fraction of sp³-hybridized carbons (Fsp3) is 0.0769. The lowest BCUT2D eigenvalue weighted by Gasteiger charge is -2.25. The zero-order valence-corrected chi connectivity index (χ0v) is 8.51. The standard InChI is InChI=1S/C13H10NO2/c14-13-9-3-1-2-4-11(9)16-12-7-8(15)5-6-10(12)13/h1-7,13H,14H2. The fourth-order valence-electron chi connectivity index (χ4n) is 1.98. The van der Waals surface area contributed by atoms with Gasteiger partial charge in [0, 0.05) is 17.2 Å². The van der Waals surface area contributed by atoms with E-state index in [0.29, 0.717) is 5.75 Å². The Balaban J connectivity index is 2.18. The summed E-state index contributed by atoms with van der Waals surface area (Å²) >= 11 is 0. The highest BCUT2D eigenvalue weighted by atomic mass is 16.5. The summed E-state index contributed by atoms with van der Waals surface area (Å²) in [5.41, 5.74) is 7.94. The summed E-state index contributed by atoms with van der Waals surface area (Å²) in [4.78, 5) is 0. The van der Waals surface area contributed by atoms with Crippen LogP contribution in [0, 0.1) is 0 Å². The van der Waals surface area contributed by atoms with Crippen molar-refractivity contribution >= 4 is 0 Å². The normalized spacial score (nSPS) is 17.2. The minimum absolute atomic E-state index is 0.0645. The summed E-state index contributed by atoms with van der Waals surface area (Å²) in [6.07, 6.45) is 0. The molecule has 1 atom stereocenters. The fourth-order valence-corrected chi connectivity index (χ4v) is 1.98. The third kappa shape index (κ3) is 1.26. The lowest BCUT2D eigenvalue weighted by molar-refractivity contribution is 0.350. The van der Waals surface area contributed by atoms with Crippen LogP contribution >= 0.6 is 0 Å². The average Bonchev–Trinajstić information content (AvgIpc) is 2.29. The van der Waals surface area contributed by atoms with E-state index in [0.717, 1.165) is 16.9 Å². The lowest BCUT2D eigenvalue weighted by Crippen LogP contribution is -2.17. The van der Waals surface area contributed by atoms with Crippen LogP contribution in [0.1, 0.15) is 17.2 Å². The summed E-state index contributed by atoms with van der Waals surface area (Å²) in [7, 11) is 0. The van der Waals surface area contributed by atoms with Gasteiger partial charge in [0.2, 0.25) is 0 Å². The lowest BCUT2D eigenvalue weighted by atomic mass is 9.95. The molecule has 0 saturated carbocycles. The van der Waals surface area contributed by atoms with Crippen LogP contribution in [0.15, 0.2) is 42.5 Å². The number of rotatable bonds is 0. The van der Waals surface area contributed by atoms with Gasteiger partial charge in [-0.25, -0.2) is 0 Å². The molecule has 16 heavy (non-hydrogen) atoms. The van der Waals surface area contributed by atoms with Crippen molar-refractivity contribution in [2.45, 2.75) is 6.04 Å². The summed E-state index contributed by atoms with van der Waals surface area (Å²) in [5, 5.41) is 11.2. The van der Waals surface area contributed by atoms with Crippen molar-refractivity contribution in [3.05, 3.63) is 53.6 Å². The maximum Gasteiger partial charge on any atom is 0.182 e. The Morgan fingerprint density at radius 3 is 2.62 bits per heavy atom. The molecule has 2 aromatic carbocycles. The molecular formula is C13H10NO2. The molecule has 3 nitrogen and oxygen atoms in total. The first-order valence-electron chi connectivity index (χ1n) is 5.09. The van der Waals surface area contributed by atoms with Gasteiger partial charge in [-0.05, 0) is 18.2 Å². The van der Waals surface area contributed by atoms with E-state index >= 15 is 0 Å². The third-order valence-electron chi connectivity index (χ3n) is 2.79. The molecule has 1 unspecified atom stereocenters. The van der Waals surface area contributed by atoms with Gasteiger partial charge in [0.25, 0.3) is 0 Å². The molecule has 0 fully saturated rings. The van der Waals surface area contributed by atoms with Gasteiger partial charge < -0.3 is 10.5 Å². The molecule has 0 aromatic heterocycles. The quantitative estimate of drug-likeness (QED) is 0.729. The first kappa shape index (κ1) is 9.24. The SMILES string of the molecule is NC1c2ccccc2Oc2cc([O])ccc21. The molecule has 3 heteroatoms. The Kier molecular flexibility index (Phi) is 1.88. The van der Waals surface area contributed by atoms with E-state index in [9.17, 15) is 5.11 Å². The highest BCUT2D eigenvalue weighted by Gasteiger charge is 2.24. The molecule has 2 N–H and O–H groups in total. The second kappa shape index (κ2) is 3.25. The number of para-hydroxylation sites is 1. The Bertz CT molecular complexity index is 551. The van der Waals surface area contributed by atoms with Crippen molar-refractivity contribution in [3.8, 4) is 17.2 Å². The number of fused-ring (bicyclic) bond motifs is 2. The molecule has 1 aliphatic heterocycles. The van der Waals surface area contributed by atoms with Crippen LogP contribution < -0.4 is 10.5 Å². The number of hydrogen-bond acceptors (Lipinski definition) is 2. The number of benzene rings is 2. The molecule has 0 spiro atoms. The van der Waals surface area contributed by atoms with Gasteiger partial charge in [0.15, 0.2) is 5.75 Å². The highest BCUT2D eigenvalue weighted by molar-refractivity contribution is 5.54. The van der Waals surface area contributed by atoms with Crippen LogP contribution in [-0.2, 0) is 5.11 Å². The second-order valence-electron chi connectivity index (χ2n) is 3.82. The van der Waals surface area contributed by atoms with Gasteiger partial charge >= 0.3 is 0 Å². The van der Waals surface area contributed by atoms with E-state index in [1.807, 2.05) is 24.3 Å². The molecular weight excluding hydrogens is 202 g/mol. The molecule has 1 radical (unpaired) electrons. The monoisotopic (exact) mass is 212 g/mol. The van der Waals surface area contributed by atoms with Crippen molar-refractivity contribution in [2.75, 3.05) is 0 Å². The molecule has 0 bridgehead atoms. The van der Waals surface area contributed by atoms with Gasteiger partial charge in [-0.15, -0.1) is 0 Å². The maximum atomic E-state index is 11.2. The second-order valence-corrected chi connectivity index (χ2v) is 3.82. The van der Waals surface area contributed by atoms with Crippen LogP contribution in [0.4, 0.5) is 0 Å². The zero-order valence-electron chi connectivity index (χ0n) is 8.51. The minimum atomic E-state index is -0.222. The topological polar surface area (TPSA) is 55.1 Å². The molecule has 2 aromatic rings. The van der Waals surface area contributed by atoms with E-state index in [1.165, 1.54) is 12.1 Å². The van der Waals surface area contributed by atoms with Crippen molar-refractivity contribution in [2.24, 2.45) is 5.73 Å². The number of ether oxygens (including phenoxy) is 1. The van der Waals surface area contributed by atoms with E-state index in [1.54, 1.807) is 6.07 Å². The summed E-state index contributed by atoms with van der Waals surface area (Å²) in [6, 6.07) is 12.1. The van der Waals surface area contributed by atoms with Crippen molar-refractivity contribution in [1.82, 2.24) is 0 Å². The van der Waals surface area contributed by atoms with E-state index < -0.39 is 0 Å². The molecule has 3 rings (SSSR count). The highest BCUT2D eigenvalue weighted by Crippen LogP contribution is 2.42. The van der Waals surface area contributed by atoms with Crippen LogP contribution in [0.5, 0.6) is 17.2 Å². The minimum Gasteiger partial charge on any atom is -0.457 e. The van der Waals surface area contributed by atoms with Crippen molar-refractivity contribution in [1.29, 1.82) is 0 Å². The van der Waals surface area contributed by atoms with Gasteiger partial charge in [-0.1, -0.05) is 18.2 Å². The Hall–Kier alpha value is -2.00. The smallest absolute Gasteiger partial charge is 0.182 e. The Morgan fingerprint density at radius 2 is 1.75 bits per heavy atom. The summed E-state index contributed by atoms with van der Waals surface area (Å²) in [6.45, 7) is 0. The van der Waals surface area contributed by atoms with E-state index in [4.69, 9.17) is 10.5 Å². The predicted octanol–water partition coefficient (Wildman–Crippen LogP) is 2.98. The molecule has 79 valence electrons. The third-order valence-corrected chi connectivity index (χ3v) is 2.79. The van der Waals surface area contributed by atoms with Crippen LogP contribution in [0.3, 0.4) is 0 Å². The summed E-state index contributed by atoms with van der Waals surface area (Å²) < 4.78 is 5.65. The van der Waals surface area contributed by atoms with E-state index in [2.05, 4.69) is 0 Å². The first-order valence-corrected chi connectivity index (χ1v) is 5.09. The van der Waals surface area contributed by atoms with Crippen LogP contribution in [-0.4, -0.2) is 0 Å². The predicted molar refractivity (Wildman–Crippen MR) is 59.1 cm³/mol.